The number of amides is 1. The number of aliphatic hydroxyl groups is 1. The number of nitroso groups, excluding NO2 is 1. The van der Waals surface area contributed by atoms with Gasteiger partial charge in [-0.2, -0.15) is 9.21 Å². The third-order valence-electron chi connectivity index (χ3n) is 8.23. The number of benzene rings is 2. The molecule has 1 amide bonds. The molecular formula is C35H46N6O8S2. The number of aromatic hydroxyl groups is 1. The van der Waals surface area contributed by atoms with Crippen LogP contribution in [0.5, 0.6) is 5.88 Å². The normalized spacial score (nSPS) is 13.8. The molecule has 0 spiro atoms. The number of aliphatic hydroxyl groups excluding tert-OH is 1. The summed E-state index contributed by atoms with van der Waals surface area (Å²) in [7, 11) is -2.55. The SMILES string of the molecule is COCc1nc(Cn2c(O)cn([C@H](C(=O)N[C@@H](Cc3ccccc3)[C@H](O)CN(CC(C)C)S(=O)(=O)c3ccc(CN=O)cc3)C(C)C)c2=O)cs1. The Kier molecular flexibility index (Phi) is 13.8. The first kappa shape index (κ1) is 39.6. The van der Waals surface area contributed by atoms with Gasteiger partial charge < -0.3 is 20.3 Å². The topological polar surface area (TPSA) is 185 Å². The average Bonchev–Trinajstić information content (AvgIpc) is 3.64. The quantitative estimate of drug-likeness (QED) is 0.120. The first-order valence-electron chi connectivity index (χ1n) is 16.6. The molecule has 4 aromatic rings. The summed E-state index contributed by atoms with van der Waals surface area (Å²) < 4.78 is 36.3. The molecule has 0 fully saturated rings. The van der Waals surface area contributed by atoms with E-state index in [1.165, 1.54) is 50.7 Å². The van der Waals surface area contributed by atoms with Crippen molar-refractivity contribution >= 4 is 27.3 Å². The largest absolute Gasteiger partial charge is 0.493 e. The summed E-state index contributed by atoms with van der Waals surface area (Å²) in [4.78, 5) is 42.8. The zero-order valence-corrected chi connectivity index (χ0v) is 31.0. The Morgan fingerprint density at radius 2 is 1.75 bits per heavy atom. The van der Waals surface area contributed by atoms with Crippen LogP contribution in [-0.2, 0) is 45.7 Å². The van der Waals surface area contributed by atoms with E-state index < -0.39 is 45.7 Å². The Morgan fingerprint density at radius 3 is 2.35 bits per heavy atom. The standard InChI is InChI=1S/C35H46N6O8S2/c1-23(2)17-39(51(47,48)28-13-11-26(12-14-28)16-36-46)19-30(42)29(15-25-9-7-6-8-10-25)38-34(44)33(24(3)4)41-20-32(43)40(35(41)45)18-27-22-50-31(37-27)21-49-5/h6-14,20,22-24,29-30,33,42-43H,15-19,21H2,1-5H3,(H,38,44)/t29-,30+,33-/m0/s1. The Bertz CT molecular complexity index is 1910. The van der Waals surface area contributed by atoms with Crippen molar-refractivity contribution < 1.29 is 28.2 Å². The number of methoxy groups -OCH3 is 1. The van der Waals surface area contributed by atoms with Gasteiger partial charge in [-0.05, 0) is 41.5 Å². The van der Waals surface area contributed by atoms with E-state index in [0.29, 0.717) is 22.9 Å². The number of carbonyl (C=O) groups is 1. The van der Waals surface area contributed by atoms with Crippen LogP contribution in [0.1, 0.15) is 55.6 Å². The zero-order valence-electron chi connectivity index (χ0n) is 29.4. The summed E-state index contributed by atoms with van der Waals surface area (Å²) in [6.07, 6.45) is 0.0103. The number of imidazole rings is 1. The minimum atomic E-state index is -4.10. The van der Waals surface area contributed by atoms with Crippen LogP contribution in [0.25, 0.3) is 0 Å². The maximum absolute atomic E-state index is 14.1. The minimum Gasteiger partial charge on any atom is -0.493 e. The second-order valence-electron chi connectivity index (χ2n) is 13.1. The summed E-state index contributed by atoms with van der Waals surface area (Å²) in [6.45, 7) is 7.20. The Morgan fingerprint density at radius 1 is 1.06 bits per heavy atom. The van der Waals surface area contributed by atoms with Crippen molar-refractivity contribution in [2.45, 2.75) is 76.9 Å². The van der Waals surface area contributed by atoms with Crippen LogP contribution in [0.15, 0.2) is 81.0 Å². The molecule has 2 aromatic heterocycles. The lowest BCUT2D eigenvalue weighted by Gasteiger charge is -2.32. The molecule has 0 radical (unpaired) electrons. The smallest absolute Gasteiger partial charge is 0.332 e. The maximum atomic E-state index is 14.1. The van der Waals surface area contributed by atoms with Gasteiger partial charge in [0, 0.05) is 25.6 Å². The number of ether oxygens (including phenoxy) is 1. The van der Waals surface area contributed by atoms with E-state index in [-0.39, 0.29) is 49.3 Å². The Balaban J connectivity index is 1.63. The van der Waals surface area contributed by atoms with E-state index in [0.717, 1.165) is 10.1 Å². The summed E-state index contributed by atoms with van der Waals surface area (Å²) in [6, 6.07) is 12.9. The van der Waals surface area contributed by atoms with Crippen molar-refractivity contribution in [2.24, 2.45) is 17.0 Å². The maximum Gasteiger partial charge on any atom is 0.332 e. The predicted octanol–water partition coefficient (Wildman–Crippen LogP) is 3.91. The number of sulfonamides is 1. The lowest BCUT2D eigenvalue weighted by atomic mass is 9.98. The van der Waals surface area contributed by atoms with Crippen molar-refractivity contribution in [3.63, 3.8) is 0 Å². The molecule has 0 saturated carbocycles. The van der Waals surface area contributed by atoms with Crippen molar-refractivity contribution in [3.05, 3.63) is 103 Å². The highest BCUT2D eigenvalue weighted by atomic mass is 32.2. The van der Waals surface area contributed by atoms with E-state index in [1.54, 1.807) is 26.3 Å². The van der Waals surface area contributed by atoms with E-state index in [1.807, 2.05) is 44.2 Å². The molecule has 0 bridgehead atoms. The Labute approximate surface area is 301 Å². The van der Waals surface area contributed by atoms with Crippen molar-refractivity contribution in [1.82, 2.24) is 23.7 Å². The molecule has 0 aliphatic carbocycles. The van der Waals surface area contributed by atoms with Gasteiger partial charge in [-0.25, -0.2) is 18.2 Å². The number of aromatic nitrogens is 3. The zero-order chi connectivity index (χ0) is 37.3. The highest BCUT2D eigenvalue weighted by Gasteiger charge is 2.34. The summed E-state index contributed by atoms with van der Waals surface area (Å²) >= 11 is 1.36. The summed E-state index contributed by atoms with van der Waals surface area (Å²) in [5.41, 5.74) is 1.28. The van der Waals surface area contributed by atoms with Gasteiger partial charge in [-0.1, -0.05) is 75.3 Å². The molecule has 276 valence electrons. The third kappa shape index (κ3) is 10.2. The predicted molar refractivity (Wildman–Crippen MR) is 194 cm³/mol. The number of nitrogens with zero attached hydrogens (tertiary/aromatic N) is 5. The van der Waals surface area contributed by atoms with Crippen molar-refractivity contribution in [1.29, 1.82) is 0 Å². The van der Waals surface area contributed by atoms with Gasteiger partial charge in [0.2, 0.25) is 21.8 Å². The molecular weight excluding hydrogens is 697 g/mol. The highest BCUT2D eigenvalue weighted by molar-refractivity contribution is 7.89. The molecule has 51 heavy (non-hydrogen) atoms. The van der Waals surface area contributed by atoms with E-state index in [9.17, 15) is 33.1 Å². The molecule has 2 aromatic carbocycles. The van der Waals surface area contributed by atoms with Crippen LogP contribution in [0, 0.1) is 16.7 Å². The van der Waals surface area contributed by atoms with Crippen LogP contribution in [0.2, 0.25) is 0 Å². The summed E-state index contributed by atoms with van der Waals surface area (Å²) in [5, 5.41) is 30.8. The van der Waals surface area contributed by atoms with Gasteiger partial charge in [-0.15, -0.1) is 11.3 Å². The summed E-state index contributed by atoms with van der Waals surface area (Å²) in [5.74, 6) is -1.45. The minimum absolute atomic E-state index is 0.00946. The molecule has 4 rings (SSSR count). The van der Waals surface area contributed by atoms with Gasteiger partial charge in [-0.3, -0.25) is 13.9 Å². The Hall–Kier alpha value is -4.22. The average molecular weight is 743 g/mol. The second-order valence-corrected chi connectivity index (χ2v) is 16.0. The van der Waals surface area contributed by atoms with Gasteiger partial charge in [0.15, 0.2) is 0 Å². The van der Waals surface area contributed by atoms with Crippen LogP contribution in [-0.4, -0.2) is 75.3 Å². The third-order valence-corrected chi connectivity index (χ3v) is 10.9. The first-order chi connectivity index (χ1) is 24.2. The van der Waals surface area contributed by atoms with Gasteiger partial charge in [0.05, 0.1) is 42.1 Å². The van der Waals surface area contributed by atoms with Crippen LogP contribution in [0.4, 0.5) is 0 Å². The van der Waals surface area contributed by atoms with E-state index >= 15 is 0 Å². The monoisotopic (exact) mass is 742 g/mol. The fourth-order valence-corrected chi connectivity index (χ4v) is 8.16. The lowest BCUT2D eigenvalue weighted by Crippen LogP contribution is -2.53. The number of nitrogens with one attached hydrogen (secondary N) is 1. The number of carbonyl (C=O) groups excluding carboxylic acids is 1. The van der Waals surface area contributed by atoms with Crippen molar-refractivity contribution in [2.75, 3.05) is 20.2 Å². The molecule has 0 unspecified atom stereocenters. The molecule has 0 aliphatic heterocycles. The van der Waals surface area contributed by atoms with Crippen LogP contribution < -0.4 is 11.0 Å². The molecule has 0 saturated heterocycles. The molecule has 14 nitrogen and oxygen atoms in total. The van der Waals surface area contributed by atoms with Crippen LogP contribution in [0.3, 0.4) is 0 Å². The molecule has 3 atom stereocenters. The van der Waals surface area contributed by atoms with Gasteiger partial charge >= 0.3 is 5.69 Å². The number of rotatable bonds is 19. The second kappa shape index (κ2) is 17.8. The number of hydrogen-bond acceptors (Lipinski definition) is 11. The molecule has 0 aliphatic rings. The van der Waals surface area contributed by atoms with Gasteiger partial charge in [0.1, 0.15) is 17.6 Å². The molecule has 2 heterocycles. The first-order valence-corrected chi connectivity index (χ1v) is 18.9. The lowest BCUT2D eigenvalue weighted by molar-refractivity contribution is -0.127. The van der Waals surface area contributed by atoms with E-state index in [4.69, 9.17) is 4.74 Å². The molecule has 16 heteroatoms. The van der Waals surface area contributed by atoms with Crippen molar-refractivity contribution in [3.8, 4) is 5.88 Å². The fourth-order valence-electron chi connectivity index (χ4n) is 5.78. The van der Waals surface area contributed by atoms with E-state index in [2.05, 4.69) is 15.5 Å². The van der Waals surface area contributed by atoms with Gasteiger partial charge in [0.25, 0.3) is 0 Å². The highest BCUT2D eigenvalue weighted by Crippen LogP contribution is 2.23. The van der Waals surface area contributed by atoms with Crippen LogP contribution >= 0.6 is 11.3 Å². The molecule has 3 N–H and O–H groups in total. The number of hydrogen-bond donors (Lipinski definition) is 3. The number of thiazole rings is 1. The fraction of sp³-hybridized carbons (Fsp3) is 0.457.